The van der Waals surface area contributed by atoms with Crippen molar-refractivity contribution in [3.63, 3.8) is 0 Å². The number of nitrogens with one attached hydrogen (secondary N) is 2. The van der Waals surface area contributed by atoms with Crippen molar-refractivity contribution in [1.29, 1.82) is 0 Å². The number of anilines is 1. The van der Waals surface area contributed by atoms with Gasteiger partial charge in [0.15, 0.2) is 28.7 Å². The van der Waals surface area contributed by atoms with Crippen molar-refractivity contribution in [2.75, 3.05) is 29.6 Å². The van der Waals surface area contributed by atoms with Gasteiger partial charge >= 0.3 is 29.6 Å². The van der Waals surface area contributed by atoms with Gasteiger partial charge in [0.1, 0.15) is 36.0 Å². The van der Waals surface area contributed by atoms with Crippen LogP contribution in [0.5, 0.6) is 5.75 Å². The zero-order valence-electron chi connectivity index (χ0n) is 26.9. The van der Waals surface area contributed by atoms with Gasteiger partial charge in [0.25, 0.3) is 22.9 Å². The number of aliphatic carboxylic acids is 1. The number of aryl methyl sites for hydroxylation is 1. The van der Waals surface area contributed by atoms with E-state index in [0.717, 1.165) is 51.7 Å². The van der Waals surface area contributed by atoms with E-state index in [1.165, 1.54) is 28.9 Å². The number of amides is 2. The Morgan fingerprint density at radius 3 is 2.75 bits per heavy atom. The zero-order valence-corrected chi connectivity index (χ0v) is 32.2. The van der Waals surface area contributed by atoms with Crippen molar-refractivity contribution in [3.05, 3.63) is 69.4 Å². The Morgan fingerprint density at radius 2 is 2.06 bits per heavy atom. The average molecular weight is 780 g/mol. The minimum Gasteiger partial charge on any atom is -0.869 e. The first kappa shape index (κ1) is 38.4. The van der Waals surface area contributed by atoms with Gasteiger partial charge in [0.2, 0.25) is 0 Å². The number of carbonyl (C=O) groups excluding carboxylic acids is 3. The third-order valence-electron chi connectivity index (χ3n) is 7.22. The number of H-pyrrole nitrogens is 1. The summed E-state index contributed by atoms with van der Waals surface area (Å²) in [5, 5.41) is 39.1. The van der Waals surface area contributed by atoms with Crippen molar-refractivity contribution in [2.45, 2.75) is 35.0 Å². The Kier molecular flexibility index (Phi) is 12.9. The topological polar surface area (TPSA) is 249 Å². The molecule has 0 bridgehead atoms. The first-order valence-electron chi connectivity index (χ1n) is 14.7. The van der Waals surface area contributed by atoms with Crippen LogP contribution in [0.4, 0.5) is 5.13 Å². The molecule has 4 N–H and O–H groups in total. The standard InChI is InChI=1S/C29H27N9O8S4.Na/c1-2-37-5-3-15(4-6-37)48-11-14-12-49-26-21(25(42)38(26)22(14)27(43)44)33-23(41)20(17-13-50-28(30)32-17)36-45-7-8-47-29-35-34-24(46-29)16-9-18(39)19(40)10-31-16;/h3-6,9-10,13,21,26H,2,7-8,11-12H2,1H3,(H5-,30,31,32,33,34,36,39,40,41,43,44);/q;+1/p-1/t21-,26-;/m1./s1. The molecule has 0 aliphatic carbocycles. The summed E-state index contributed by atoms with van der Waals surface area (Å²) in [6.45, 7) is 2.84. The minimum atomic E-state index is -1.46. The molecule has 6 rings (SSSR count). The first-order valence-corrected chi connectivity index (χ1v) is 18.6. The molecular weight excluding hydrogens is 754 g/mol. The monoisotopic (exact) mass is 779 g/mol. The Morgan fingerprint density at radius 1 is 1.27 bits per heavy atom. The quantitative estimate of drug-likeness (QED) is 0.0214. The summed E-state index contributed by atoms with van der Waals surface area (Å²) in [5.74, 6) is -2.57. The molecule has 2 aliphatic rings. The Bertz CT molecular complexity index is 2050. The smallest absolute Gasteiger partial charge is 0.869 e. The third-order valence-corrected chi connectivity index (χ3v) is 11.1. The second-order valence-corrected chi connectivity index (χ2v) is 14.5. The van der Waals surface area contributed by atoms with Gasteiger partial charge in [-0.1, -0.05) is 16.9 Å². The van der Waals surface area contributed by atoms with Gasteiger partial charge < -0.3 is 40.3 Å². The SMILES string of the molecule is CC[n+]1ccc(SCC2=C(C(=O)[O-])N3C(=O)[C@@H](NC(=O)/C(=N\OCCSc4nnc(-c5cc(=O)c([O-])c[nH]5)o4)c4csc(N)n4)[C@H]3SC2)cc1.[Na+]. The number of nitrogen functional groups attached to an aromatic ring is 1. The van der Waals surface area contributed by atoms with Crippen molar-refractivity contribution >= 4 is 75.2 Å². The van der Waals surface area contributed by atoms with Crippen LogP contribution in [0.15, 0.2) is 77.9 Å². The van der Waals surface area contributed by atoms with Crippen LogP contribution in [0.25, 0.3) is 11.6 Å². The fraction of sp³-hybridized carbons (Fsp3) is 0.276. The van der Waals surface area contributed by atoms with E-state index in [2.05, 4.69) is 30.6 Å². The van der Waals surface area contributed by atoms with Crippen LogP contribution < -0.4 is 60.8 Å². The van der Waals surface area contributed by atoms with E-state index >= 15 is 0 Å². The van der Waals surface area contributed by atoms with Gasteiger partial charge in [0, 0.05) is 45.7 Å². The molecule has 0 radical (unpaired) electrons. The van der Waals surface area contributed by atoms with E-state index in [4.69, 9.17) is 15.0 Å². The number of aromatic amines is 1. The Labute approximate surface area is 327 Å². The predicted molar refractivity (Wildman–Crippen MR) is 180 cm³/mol. The molecule has 51 heavy (non-hydrogen) atoms. The molecule has 4 aromatic heterocycles. The van der Waals surface area contributed by atoms with E-state index in [9.17, 15) is 29.4 Å². The van der Waals surface area contributed by atoms with Crippen LogP contribution in [-0.4, -0.2) is 83.8 Å². The summed E-state index contributed by atoms with van der Waals surface area (Å²) in [7, 11) is 0. The molecule has 22 heteroatoms. The van der Waals surface area contributed by atoms with E-state index in [1.807, 2.05) is 36.0 Å². The summed E-state index contributed by atoms with van der Waals surface area (Å²) in [5.41, 5.74) is 5.51. The van der Waals surface area contributed by atoms with Gasteiger partial charge in [-0.3, -0.25) is 19.3 Å². The number of nitrogens with zero attached hydrogens (tertiary/aromatic N) is 6. The van der Waals surface area contributed by atoms with Crippen molar-refractivity contribution in [2.24, 2.45) is 5.16 Å². The van der Waals surface area contributed by atoms with E-state index in [-0.39, 0.29) is 81.0 Å². The molecule has 0 spiro atoms. The van der Waals surface area contributed by atoms with Gasteiger partial charge in [-0.2, -0.15) is 0 Å². The number of aromatic nitrogens is 5. The summed E-state index contributed by atoms with van der Waals surface area (Å²) in [4.78, 5) is 64.7. The second-order valence-electron chi connectivity index (χ2n) is 10.4. The molecule has 260 valence electrons. The van der Waals surface area contributed by atoms with E-state index in [1.54, 1.807) is 0 Å². The summed E-state index contributed by atoms with van der Waals surface area (Å²) in [6.07, 6.45) is 4.87. The second kappa shape index (κ2) is 17.1. The molecule has 2 atom stereocenters. The van der Waals surface area contributed by atoms with Crippen LogP contribution in [0.3, 0.4) is 0 Å². The molecule has 0 unspecified atom stereocenters. The number of carbonyl (C=O) groups is 3. The fourth-order valence-electron chi connectivity index (χ4n) is 4.75. The maximum atomic E-state index is 13.4. The van der Waals surface area contributed by atoms with Crippen LogP contribution in [0.1, 0.15) is 12.6 Å². The first-order chi connectivity index (χ1) is 24.1. The number of fused-ring (bicyclic) bond motifs is 1. The molecule has 1 saturated heterocycles. The number of pyridine rings is 2. The molecule has 17 nitrogen and oxygen atoms in total. The van der Waals surface area contributed by atoms with Crippen molar-refractivity contribution in [1.82, 2.24) is 30.4 Å². The summed E-state index contributed by atoms with van der Waals surface area (Å²) < 4.78 is 7.50. The number of rotatable bonds is 14. The number of carboxylic acids is 1. The van der Waals surface area contributed by atoms with Gasteiger partial charge in [-0.15, -0.1) is 45.1 Å². The largest absolute Gasteiger partial charge is 1.00 e. The van der Waals surface area contributed by atoms with Gasteiger partial charge in [0.05, 0.1) is 11.7 Å². The molecule has 2 aliphatic heterocycles. The van der Waals surface area contributed by atoms with Crippen LogP contribution in [0.2, 0.25) is 0 Å². The van der Waals surface area contributed by atoms with Crippen molar-refractivity contribution < 1.29 is 68.0 Å². The Hall–Kier alpha value is -3.86. The summed E-state index contributed by atoms with van der Waals surface area (Å²) in [6, 6.07) is 3.91. The molecule has 0 aromatic carbocycles. The van der Waals surface area contributed by atoms with E-state index < -0.39 is 40.4 Å². The number of carboxylic acid groups (broad SMARTS) is 1. The van der Waals surface area contributed by atoms with Crippen molar-refractivity contribution in [3.8, 4) is 17.3 Å². The zero-order chi connectivity index (χ0) is 35.4. The molecule has 0 saturated carbocycles. The summed E-state index contributed by atoms with van der Waals surface area (Å²) >= 11 is 4.98. The number of oxime groups is 1. The molecule has 2 amide bonds. The normalized spacial score (nSPS) is 17.0. The number of β-lactam (4-membered cyclic amide) rings is 1. The number of hydrogen-bond acceptors (Lipinski definition) is 17. The maximum Gasteiger partial charge on any atom is 1.00 e. The van der Waals surface area contributed by atoms with Crippen LogP contribution in [-0.2, 0) is 25.8 Å². The Balaban J connectivity index is 0.00000504. The number of thioether (sulfide) groups is 3. The predicted octanol–water partition coefficient (Wildman–Crippen LogP) is -3.44. The average Bonchev–Trinajstić information content (AvgIpc) is 3.77. The molecule has 6 heterocycles. The van der Waals surface area contributed by atoms with E-state index in [0.29, 0.717) is 17.1 Å². The molecule has 4 aromatic rings. The molecular formula is C29H26N9NaO8S4. The van der Waals surface area contributed by atoms with Crippen LogP contribution >= 0.6 is 46.6 Å². The fourth-order valence-corrected chi connectivity index (χ4v) is 8.24. The van der Waals surface area contributed by atoms with Crippen LogP contribution in [0, 0.1) is 0 Å². The number of hydrogen-bond donors (Lipinski definition) is 3. The minimum absolute atomic E-state index is 0. The van der Waals surface area contributed by atoms with Gasteiger partial charge in [-0.25, -0.2) is 9.55 Å². The van der Waals surface area contributed by atoms with Gasteiger partial charge in [-0.05, 0) is 24.4 Å². The number of nitrogens with two attached hydrogens (primary N) is 1. The number of thiazole rings is 1. The maximum absolute atomic E-state index is 13.4. The third kappa shape index (κ3) is 8.79. The molecule has 1 fully saturated rings.